The first-order valence-electron chi connectivity index (χ1n) is 4.41. The first kappa shape index (κ1) is 10.9. The maximum atomic E-state index is 5.49. The van der Waals surface area contributed by atoms with Crippen LogP contribution in [0, 0.1) is 6.42 Å². The van der Waals surface area contributed by atoms with E-state index in [1.165, 1.54) is 0 Å². The summed E-state index contributed by atoms with van der Waals surface area (Å²) in [5, 5.41) is 3.24. The predicted octanol–water partition coefficient (Wildman–Crippen LogP) is 1.62. The molecule has 0 bridgehead atoms. The van der Waals surface area contributed by atoms with E-state index in [9.17, 15) is 0 Å². The minimum atomic E-state index is 0.342. The largest absolute Gasteiger partial charge is 0.377 e. The van der Waals surface area contributed by atoms with Crippen molar-refractivity contribution in [3.05, 3.63) is 6.42 Å². The molecule has 2 heteroatoms. The number of unbranched alkanes of at least 4 members (excludes halogenated alkanes) is 1. The van der Waals surface area contributed by atoms with Gasteiger partial charge in [-0.15, -0.1) is 0 Å². The second kappa shape index (κ2) is 8.02. The number of hydrogen-bond donors (Lipinski definition) is 1. The molecule has 1 unspecified atom stereocenters. The van der Waals surface area contributed by atoms with Crippen LogP contribution in [0.5, 0.6) is 0 Å². The predicted molar refractivity (Wildman–Crippen MR) is 48.5 cm³/mol. The molecule has 0 saturated heterocycles. The smallest absolute Gasteiger partial charge is 0.0671 e. The summed E-state index contributed by atoms with van der Waals surface area (Å²) in [4.78, 5) is 0. The number of rotatable bonds is 7. The molecule has 0 fully saturated rings. The zero-order valence-corrected chi connectivity index (χ0v) is 7.89. The molecular weight excluding hydrogens is 138 g/mol. The number of hydrogen-bond acceptors (Lipinski definition) is 2. The fraction of sp³-hybridized carbons (Fsp3) is 0.889. The van der Waals surface area contributed by atoms with Crippen molar-refractivity contribution >= 4 is 0 Å². The van der Waals surface area contributed by atoms with Crippen molar-refractivity contribution in [1.82, 2.24) is 5.32 Å². The van der Waals surface area contributed by atoms with Crippen LogP contribution in [-0.4, -0.2) is 25.8 Å². The van der Waals surface area contributed by atoms with Crippen molar-refractivity contribution < 1.29 is 4.74 Å². The molecule has 0 amide bonds. The van der Waals surface area contributed by atoms with Gasteiger partial charge in [0.05, 0.1) is 6.10 Å². The summed E-state index contributed by atoms with van der Waals surface area (Å²) in [5.74, 6) is 0. The molecule has 1 radical (unpaired) electrons. The quantitative estimate of drug-likeness (QED) is 0.568. The van der Waals surface area contributed by atoms with E-state index in [1.807, 2.05) is 0 Å². The van der Waals surface area contributed by atoms with E-state index < -0.39 is 0 Å². The Kier molecular flexibility index (Phi) is 7.96. The summed E-state index contributed by atoms with van der Waals surface area (Å²) in [5.41, 5.74) is 0. The lowest BCUT2D eigenvalue weighted by Gasteiger charge is -2.12. The summed E-state index contributed by atoms with van der Waals surface area (Å²) >= 11 is 0. The van der Waals surface area contributed by atoms with Crippen LogP contribution in [0.4, 0.5) is 0 Å². The van der Waals surface area contributed by atoms with Gasteiger partial charge in [0.25, 0.3) is 0 Å². The molecule has 1 N–H and O–H groups in total. The van der Waals surface area contributed by atoms with E-state index in [0.717, 1.165) is 26.1 Å². The molecule has 11 heavy (non-hydrogen) atoms. The standard InChI is InChI=1S/C9H20NO/c1-4-6-7-11-9(3)8-10-5-2/h4,9-10H,5-8H2,1-3H3. The minimum absolute atomic E-state index is 0.342. The molecule has 0 aromatic rings. The lowest BCUT2D eigenvalue weighted by atomic mass is 10.3. The van der Waals surface area contributed by atoms with Crippen molar-refractivity contribution in [2.75, 3.05) is 19.7 Å². The third-order valence-electron chi connectivity index (χ3n) is 1.49. The normalized spacial score (nSPS) is 13.4. The SMILES string of the molecule is C[CH]CCOC(C)CNCC. The maximum absolute atomic E-state index is 5.49. The molecule has 0 rings (SSSR count). The molecule has 67 valence electrons. The molecule has 0 spiro atoms. The van der Waals surface area contributed by atoms with Gasteiger partial charge in [-0.25, -0.2) is 0 Å². The summed E-state index contributed by atoms with van der Waals surface area (Å²) < 4.78 is 5.49. The van der Waals surface area contributed by atoms with Gasteiger partial charge in [0.2, 0.25) is 0 Å². The summed E-state index contributed by atoms with van der Waals surface area (Å²) in [7, 11) is 0. The van der Waals surface area contributed by atoms with Crippen LogP contribution in [0.15, 0.2) is 0 Å². The van der Waals surface area contributed by atoms with Gasteiger partial charge in [-0.3, -0.25) is 0 Å². The first-order chi connectivity index (χ1) is 5.31. The molecular formula is C9H20NO. The Labute approximate surface area is 70.3 Å². The summed E-state index contributed by atoms with van der Waals surface area (Å²) in [6.07, 6.45) is 3.52. The highest BCUT2D eigenvalue weighted by atomic mass is 16.5. The Bertz CT molecular complexity index is 76.0. The second-order valence-electron chi connectivity index (χ2n) is 2.69. The third-order valence-corrected chi connectivity index (χ3v) is 1.49. The van der Waals surface area contributed by atoms with Crippen molar-refractivity contribution in [3.63, 3.8) is 0 Å². The number of ether oxygens (including phenoxy) is 1. The highest BCUT2D eigenvalue weighted by molar-refractivity contribution is 4.57. The average Bonchev–Trinajstić information content (AvgIpc) is 2.01. The molecule has 1 atom stereocenters. The molecule has 0 aromatic heterocycles. The average molecular weight is 158 g/mol. The first-order valence-corrected chi connectivity index (χ1v) is 4.41. The van der Waals surface area contributed by atoms with Gasteiger partial charge in [0, 0.05) is 13.2 Å². The van der Waals surface area contributed by atoms with Crippen LogP contribution in [-0.2, 0) is 4.74 Å². The van der Waals surface area contributed by atoms with E-state index in [4.69, 9.17) is 4.74 Å². The van der Waals surface area contributed by atoms with E-state index in [2.05, 4.69) is 32.5 Å². The highest BCUT2D eigenvalue weighted by Gasteiger charge is 1.98. The van der Waals surface area contributed by atoms with Crippen molar-refractivity contribution in [2.24, 2.45) is 0 Å². The monoisotopic (exact) mass is 158 g/mol. The van der Waals surface area contributed by atoms with Gasteiger partial charge in [-0.1, -0.05) is 13.8 Å². The molecule has 0 aliphatic rings. The zero-order chi connectivity index (χ0) is 8.53. The van der Waals surface area contributed by atoms with Gasteiger partial charge >= 0.3 is 0 Å². The molecule has 0 aliphatic carbocycles. The topological polar surface area (TPSA) is 21.3 Å². The van der Waals surface area contributed by atoms with E-state index in [1.54, 1.807) is 0 Å². The highest BCUT2D eigenvalue weighted by Crippen LogP contribution is 1.92. The Morgan fingerprint density at radius 3 is 2.82 bits per heavy atom. The fourth-order valence-electron chi connectivity index (χ4n) is 0.794. The van der Waals surface area contributed by atoms with Gasteiger partial charge < -0.3 is 10.1 Å². The Morgan fingerprint density at radius 1 is 1.55 bits per heavy atom. The Balaban J connectivity index is 3.02. The lowest BCUT2D eigenvalue weighted by molar-refractivity contribution is 0.0682. The van der Waals surface area contributed by atoms with Crippen LogP contribution >= 0.6 is 0 Å². The van der Waals surface area contributed by atoms with Gasteiger partial charge in [-0.2, -0.15) is 0 Å². The third kappa shape index (κ3) is 7.82. The fourth-order valence-corrected chi connectivity index (χ4v) is 0.794. The van der Waals surface area contributed by atoms with E-state index in [-0.39, 0.29) is 0 Å². The van der Waals surface area contributed by atoms with Crippen LogP contribution < -0.4 is 5.32 Å². The molecule has 2 nitrogen and oxygen atoms in total. The molecule has 0 saturated carbocycles. The number of likely N-dealkylation sites (N-methyl/N-ethyl adjacent to an activating group) is 1. The summed E-state index contributed by atoms with van der Waals surface area (Å²) in [6.45, 7) is 9.08. The van der Waals surface area contributed by atoms with Crippen LogP contribution in [0.1, 0.15) is 27.2 Å². The lowest BCUT2D eigenvalue weighted by Crippen LogP contribution is -2.26. The van der Waals surface area contributed by atoms with Crippen LogP contribution in [0.25, 0.3) is 0 Å². The molecule has 0 heterocycles. The van der Waals surface area contributed by atoms with Crippen molar-refractivity contribution in [3.8, 4) is 0 Å². The Morgan fingerprint density at radius 2 is 2.27 bits per heavy atom. The second-order valence-corrected chi connectivity index (χ2v) is 2.69. The van der Waals surface area contributed by atoms with Gasteiger partial charge in [0.1, 0.15) is 0 Å². The minimum Gasteiger partial charge on any atom is -0.377 e. The van der Waals surface area contributed by atoms with Crippen LogP contribution in [0.2, 0.25) is 0 Å². The number of nitrogens with one attached hydrogen (secondary N) is 1. The van der Waals surface area contributed by atoms with Crippen molar-refractivity contribution in [1.29, 1.82) is 0 Å². The van der Waals surface area contributed by atoms with Gasteiger partial charge in [0.15, 0.2) is 0 Å². The maximum Gasteiger partial charge on any atom is 0.0671 e. The van der Waals surface area contributed by atoms with E-state index >= 15 is 0 Å². The molecule has 0 aromatic carbocycles. The Hall–Kier alpha value is -0.0800. The molecule has 0 aliphatic heterocycles. The van der Waals surface area contributed by atoms with Crippen LogP contribution in [0.3, 0.4) is 0 Å². The van der Waals surface area contributed by atoms with Crippen molar-refractivity contribution in [2.45, 2.75) is 33.3 Å². The van der Waals surface area contributed by atoms with Gasteiger partial charge in [-0.05, 0) is 26.3 Å². The summed E-state index contributed by atoms with van der Waals surface area (Å²) in [6, 6.07) is 0. The zero-order valence-electron chi connectivity index (χ0n) is 7.89. The van der Waals surface area contributed by atoms with E-state index in [0.29, 0.717) is 6.10 Å².